The van der Waals surface area contributed by atoms with Crippen LogP contribution in [0.5, 0.6) is 0 Å². The number of hydrogen-bond donors (Lipinski definition) is 0. The number of pyridine rings is 1. The Morgan fingerprint density at radius 2 is 1.94 bits per heavy atom. The van der Waals surface area contributed by atoms with Crippen LogP contribution < -0.4 is 5.69 Å². The lowest BCUT2D eigenvalue weighted by atomic mass is 10.2. The normalized spacial score (nSPS) is 13.4. The van der Waals surface area contributed by atoms with Crippen molar-refractivity contribution in [2.75, 3.05) is 5.88 Å². The highest BCUT2D eigenvalue weighted by molar-refractivity contribution is 8.03. The van der Waals surface area contributed by atoms with E-state index in [1.807, 2.05) is 58.1 Å². The monoisotopic (exact) mass is 481 g/mol. The van der Waals surface area contributed by atoms with E-state index in [4.69, 9.17) is 27.9 Å². The maximum absolute atomic E-state index is 13.0. The molecule has 2 rings (SSSR count). The predicted molar refractivity (Wildman–Crippen MR) is 131 cm³/mol. The number of allylic oxidation sites excluding steroid dienone is 5. The van der Waals surface area contributed by atoms with Gasteiger partial charge < -0.3 is 4.74 Å². The highest BCUT2D eigenvalue weighted by Gasteiger charge is 2.21. The van der Waals surface area contributed by atoms with Crippen molar-refractivity contribution in [1.82, 2.24) is 14.1 Å². The maximum Gasteiger partial charge on any atom is 0.329 e. The van der Waals surface area contributed by atoms with Crippen LogP contribution in [0.3, 0.4) is 0 Å². The van der Waals surface area contributed by atoms with Gasteiger partial charge in [-0.1, -0.05) is 29.4 Å². The standard InChI is InChI=1S/C23H29Cl2N3O2S/c1-6-18(13-24)12-20(11-17(4)25)31-22-21(27(5)23(29)28(22)16(2)3)15-30-14-19-7-9-26-10-8-19/h6-12,16H,13-15H2,1-5H3/b17-11+,18-6+,20-12+. The number of hydrogen-bond acceptors (Lipinski definition) is 4. The second-order valence-corrected chi connectivity index (χ2v) is 9.21. The number of nitrogens with zero attached hydrogens (tertiary/aromatic N) is 3. The Kier molecular flexibility index (Phi) is 10.2. The van der Waals surface area contributed by atoms with Gasteiger partial charge >= 0.3 is 5.69 Å². The highest BCUT2D eigenvalue weighted by atomic mass is 35.5. The van der Waals surface area contributed by atoms with Gasteiger partial charge in [-0.15, -0.1) is 11.6 Å². The number of rotatable bonds is 10. The van der Waals surface area contributed by atoms with Gasteiger partial charge in [-0.05, 0) is 63.1 Å². The van der Waals surface area contributed by atoms with Crippen molar-refractivity contribution in [3.05, 3.63) is 80.0 Å². The SMILES string of the molecule is C\C=C(/C=C(\C=C(/C)Cl)Sc1c(COCc2ccncc2)n(C)c(=O)n1C(C)C)CCl. The Hall–Kier alpha value is -1.73. The van der Waals surface area contributed by atoms with E-state index in [0.29, 0.717) is 24.1 Å². The van der Waals surface area contributed by atoms with E-state index in [-0.39, 0.29) is 11.7 Å². The molecule has 0 radical (unpaired) electrons. The molecular formula is C23H29Cl2N3O2S. The number of aromatic nitrogens is 3. The summed E-state index contributed by atoms with van der Waals surface area (Å²) in [5.41, 5.74) is 2.74. The van der Waals surface area contributed by atoms with Gasteiger partial charge in [-0.3, -0.25) is 14.1 Å². The summed E-state index contributed by atoms with van der Waals surface area (Å²) in [6.07, 6.45) is 9.31. The third-order valence-electron chi connectivity index (χ3n) is 4.55. The Labute approximate surface area is 198 Å². The summed E-state index contributed by atoms with van der Waals surface area (Å²) >= 11 is 13.7. The maximum atomic E-state index is 13.0. The molecule has 0 spiro atoms. The molecule has 0 atom stereocenters. The Morgan fingerprint density at radius 1 is 1.26 bits per heavy atom. The van der Waals surface area contributed by atoms with Crippen molar-refractivity contribution >= 4 is 35.0 Å². The summed E-state index contributed by atoms with van der Waals surface area (Å²) in [5, 5.41) is 1.48. The average molecular weight is 482 g/mol. The Balaban J connectivity index is 2.44. The zero-order valence-electron chi connectivity index (χ0n) is 18.6. The van der Waals surface area contributed by atoms with Crippen LogP contribution in [0.1, 0.15) is 45.0 Å². The van der Waals surface area contributed by atoms with Crippen molar-refractivity contribution in [3.8, 4) is 0 Å². The molecule has 0 amide bonds. The first-order valence-electron chi connectivity index (χ1n) is 9.99. The minimum Gasteiger partial charge on any atom is -0.370 e. The number of halogens is 2. The van der Waals surface area contributed by atoms with Crippen LogP contribution in [0, 0.1) is 0 Å². The second-order valence-electron chi connectivity index (χ2n) is 7.28. The molecule has 0 bridgehead atoms. The summed E-state index contributed by atoms with van der Waals surface area (Å²) < 4.78 is 9.40. The minimum atomic E-state index is -0.0745. The van der Waals surface area contributed by atoms with Gasteiger partial charge in [-0.25, -0.2) is 4.79 Å². The molecule has 5 nitrogen and oxygen atoms in total. The van der Waals surface area contributed by atoms with E-state index < -0.39 is 0 Å². The van der Waals surface area contributed by atoms with Crippen molar-refractivity contribution in [3.63, 3.8) is 0 Å². The fourth-order valence-corrected chi connectivity index (χ4v) is 4.69. The van der Waals surface area contributed by atoms with E-state index in [0.717, 1.165) is 26.8 Å². The highest BCUT2D eigenvalue weighted by Crippen LogP contribution is 2.34. The van der Waals surface area contributed by atoms with Gasteiger partial charge in [0.15, 0.2) is 0 Å². The summed E-state index contributed by atoms with van der Waals surface area (Å²) in [4.78, 5) is 17.9. The average Bonchev–Trinajstić information content (AvgIpc) is 2.96. The molecule has 8 heteroatoms. The molecule has 0 N–H and O–H groups in total. The molecule has 0 saturated heterocycles. The molecule has 0 aliphatic rings. The number of imidazole rings is 1. The summed E-state index contributed by atoms with van der Waals surface area (Å²) in [5.74, 6) is 0.392. The van der Waals surface area contributed by atoms with E-state index >= 15 is 0 Å². The lowest BCUT2D eigenvalue weighted by Crippen LogP contribution is -2.24. The van der Waals surface area contributed by atoms with Crippen LogP contribution in [-0.4, -0.2) is 20.0 Å². The summed E-state index contributed by atoms with van der Waals surface area (Å²) in [6, 6.07) is 3.81. The van der Waals surface area contributed by atoms with Gasteiger partial charge in [0.2, 0.25) is 0 Å². The van der Waals surface area contributed by atoms with Crippen molar-refractivity contribution in [2.45, 2.75) is 52.0 Å². The molecule has 0 aliphatic heterocycles. The largest absolute Gasteiger partial charge is 0.370 e. The molecule has 168 valence electrons. The zero-order chi connectivity index (χ0) is 23.0. The summed E-state index contributed by atoms with van der Waals surface area (Å²) in [6.45, 7) is 8.50. The van der Waals surface area contributed by atoms with Gasteiger partial charge in [0.25, 0.3) is 0 Å². The smallest absolute Gasteiger partial charge is 0.329 e. The van der Waals surface area contributed by atoms with Crippen LogP contribution in [-0.2, 0) is 25.0 Å². The molecule has 0 unspecified atom stereocenters. The van der Waals surface area contributed by atoms with Gasteiger partial charge in [-0.2, -0.15) is 0 Å². The van der Waals surface area contributed by atoms with Gasteiger partial charge in [0.1, 0.15) is 5.03 Å². The molecule has 2 aromatic rings. The quantitative estimate of drug-likeness (QED) is 0.230. The molecule has 0 aliphatic carbocycles. The van der Waals surface area contributed by atoms with Crippen molar-refractivity contribution in [1.29, 1.82) is 0 Å². The molecule has 0 fully saturated rings. The van der Waals surface area contributed by atoms with Gasteiger partial charge in [0.05, 0.1) is 18.9 Å². The molecular weight excluding hydrogens is 453 g/mol. The number of ether oxygens (including phenoxy) is 1. The molecule has 2 heterocycles. The molecule has 31 heavy (non-hydrogen) atoms. The topological polar surface area (TPSA) is 49.1 Å². The van der Waals surface area contributed by atoms with E-state index in [2.05, 4.69) is 4.98 Å². The first-order chi connectivity index (χ1) is 14.8. The number of alkyl halides is 1. The van der Waals surface area contributed by atoms with Crippen LogP contribution in [0.2, 0.25) is 0 Å². The molecule has 0 aromatic carbocycles. The lowest BCUT2D eigenvalue weighted by Gasteiger charge is -2.13. The summed E-state index contributed by atoms with van der Waals surface area (Å²) in [7, 11) is 1.78. The third-order valence-corrected chi connectivity index (χ3v) is 6.06. The van der Waals surface area contributed by atoms with Crippen LogP contribution in [0.4, 0.5) is 0 Å². The molecule has 2 aromatic heterocycles. The van der Waals surface area contributed by atoms with Crippen molar-refractivity contribution in [2.24, 2.45) is 7.05 Å². The van der Waals surface area contributed by atoms with Gasteiger partial charge in [0, 0.05) is 41.3 Å². The Bertz CT molecular complexity index is 1020. The van der Waals surface area contributed by atoms with E-state index in [1.54, 1.807) is 28.6 Å². The van der Waals surface area contributed by atoms with Crippen LogP contribution >= 0.6 is 35.0 Å². The van der Waals surface area contributed by atoms with Crippen LogP contribution in [0.15, 0.2) is 68.1 Å². The first kappa shape index (κ1) is 25.5. The zero-order valence-corrected chi connectivity index (χ0v) is 20.9. The van der Waals surface area contributed by atoms with Crippen LogP contribution in [0.25, 0.3) is 0 Å². The fourth-order valence-electron chi connectivity index (χ4n) is 2.90. The Morgan fingerprint density at radius 3 is 2.48 bits per heavy atom. The third kappa shape index (κ3) is 7.14. The number of thioether (sulfide) groups is 1. The van der Waals surface area contributed by atoms with Crippen molar-refractivity contribution < 1.29 is 4.74 Å². The minimum absolute atomic E-state index is 0.00769. The predicted octanol–water partition coefficient (Wildman–Crippen LogP) is 6.18. The van der Waals surface area contributed by atoms with E-state index in [1.165, 1.54) is 11.8 Å². The lowest BCUT2D eigenvalue weighted by molar-refractivity contribution is 0.101. The fraction of sp³-hybridized carbons (Fsp3) is 0.391. The molecule has 0 saturated carbocycles. The first-order valence-corrected chi connectivity index (χ1v) is 11.7. The van der Waals surface area contributed by atoms with E-state index in [9.17, 15) is 4.79 Å². The second kappa shape index (κ2) is 12.3.